The van der Waals surface area contributed by atoms with Crippen LogP contribution < -0.4 is 10.6 Å². The van der Waals surface area contributed by atoms with E-state index < -0.39 is 0 Å². The van der Waals surface area contributed by atoms with E-state index in [9.17, 15) is 0 Å². The summed E-state index contributed by atoms with van der Waals surface area (Å²) >= 11 is 0. The van der Waals surface area contributed by atoms with Crippen molar-refractivity contribution in [2.45, 2.75) is 33.6 Å². The summed E-state index contributed by atoms with van der Waals surface area (Å²) in [6.45, 7) is 6.94. The summed E-state index contributed by atoms with van der Waals surface area (Å²) < 4.78 is 0. The maximum atomic E-state index is 4.75. The molecule has 0 saturated heterocycles. The van der Waals surface area contributed by atoms with E-state index >= 15 is 0 Å². The van der Waals surface area contributed by atoms with Gasteiger partial charge in [-0.2, -0.15) is 0 Å². The van der Waals surface area contributed by atoms with Gasteiger partial charge in [0, 0.05) is 37.6 Å². The fraction of sp³-hybridized carbons (Fsp3) is 0.438. The van der Waals surface area contributed by atoms with Crippen LogP contribution in [0.3, 0.4) is 0 Å². The molecule has 20 heavy (non-hydrogen) atoms. The Kier molecular flexibility index (Phi) is 4.66. The Morgan fingerprint density at radius 3 is 2.90 bits per heavy atom. The average Bonchev–Trinajstić information content (AvgIpc) is 2.46. The molecule has 0 bridgehead atoms. The van der Waals surface area contributed by atoms with E-state index in [0.717, 1.165) is 47.2 Å². The van der Waals surface area contributed by atoms with Crippen LogP contribution in [0.1, 0.15) is 33.0 Å². The van der Waals surface area contributed by atoms with Crippen molar-refractivity contribution in [1.82, 2.24) is 14.9 Å². The first-order chi connectivity index (χ1) is 9.71. The van der Waals surface area contributed by atoms with Crippen LogP contribution in [-0.2, 0) is 6.42 Å². The van der Waals surface area contributed by atoms with Crippen molar-refractivity contribution < 1.29 is 0 Å². The van der Waals surface area contributed by atoms with Crippen LogP contribution in [0.2, 0.25) is 0 Å². The quantitative estimate of drug-likeness (QED) is 0.773. The number of aliphatic imine (C=N–C) groups is 1. The van der Waals surface area contributed by atoms with Gasteiger partial charge < -0.3 is 4.90 Å². The molecule has 0 unspecified atom stereocenters. The SMILES string of the molecule is CC=N/C(=C\C)C1=c2nc(CCC)ncc2=CCN1C. The van der Waals surface area contributed by atoms with Gasteiger partial charge in [0.1, 0.15) is 5.82 Å². The van der Waals surface area contributed by atoms with Gasteiger partial charge in [-0.05, 0) is 20.3 Å². The molecular formula is C16H22N4. The summed E-state index contributed by atoms with van der Waals surface area (Å²) in [4.78, 5) is 15.9. The van der Waals surface area contributed by atoms with Crippen LogP contribution in [0.15, 0.2) is 23.0 Å². The smallest absolute Gasteiger partial charge is 0.129 e. The van der Waals surface area contributed by atoms with E-state index in [1.54, 1.807) is 0 Å². The molecule has 2 heterocycles. The number of likely N-dealkylation sites (N-methyl/N-ethyl adjacent to an activating group) is 1. The van der Waals surface area contributed by atoms with E-state index in [1.807, 2.05) is 32.3 Å². The number of fused-ring (bicyclic) bond motifs is 1. The predicted molar refractivity (Wildman–Crippen MR) is 83.7 cm³/mol. The number of rotatable bonds is 4. The number of nitrogens with zero attached hydrogens (tertiary/aromatic N) is 4. The first kappa shape index (κ1) is 14.4. The molecule has 0 spiro atoms. The Hall–Kier alpha value is -1.97. The zero-order valence-electron chi connectivity index (χ0n) is 12.7. The van der Waals surface area contributed by atoms with Gasteiger partial charge in [0.2, 0.25) is 0 Å². The highest BCUT2D eigenvalue weighted by atomic mass is 15.1. The third-order valence-electron chi connectivity index (χ3n) is 3.32. The predicted octanol–water partition coefficient (Wildman–Crippen LogP) is 1.26. The Bertz CT molecular complexity index is 656. The monoisotopic (exact) mass is 270 g/mol. The zero-order chi connectivity index (χ0) is 14.5. The molecule has 0 aromatic carbocycles. The lowest BCUT2D eigenvalue weighted by atomic mass is 10.1. The molecule has 1 aliphatic rings. The van der Waals surface area contributed by atoms with Crippen LogP contribution in [0, 0.1) is 0 Å². The Morgan fingerprint density at radius 1 is 1.45 bits per heavy atom. The van der Waals surface area contributed by atoms with Crippen molar-refractivity contribution in [3.05, 3.63) is 34.4 Å². The van der Waals surface area contributed by atoms with Crippen molar-refractivity contribution in [2.75, 3.05) is 13.6 Å². The third kappa shape index (κ3) is 2.79. The van der Waals surface area contributed by atoms with E-state index in [0.29, 0.717) is 0 Å². The molecule has 0 N–H and O–H groups in total. The summed E-state index contributed by atoms with van der Waals surface area (Å²) in [5.74, 6) is 0.906. The highest BCUT2D eigenvalue weighted by Crippen LogP contribution is 2.15. The Morgan fingerprint density at radius 2 is 2.25 bits per heavy atom. The molecule has 1 aromatic heterocycles. The Balaban J connectivity index is 2.72. The minimum atomic E-state index is 0.857. The summed E-state index contributed by atoms with van der Waals surface area (Å²) in [6, 6.07) is 0. The molecular weight excluding hydrogens is 248 g/mol. The lowest BCUT2D eigenvalue weighted by molar-refractivity contribution is 0.533. The fourth-order valence-electron chi connectivity index (χ4n) is 2.35. The first-order valence-corrected chi connectivity index (χ1v) is 7.14. The summed E-state index contributed by atoms with van der Waals surface area (Å²) in [5, 5.41) is 2.10. The molecule has 106 valence electrons. The van der Waals surface area contributed by atoms with E-state index in [2.05, 4.69) is 34.9 Å². The molecule has 0 amide bonds. The second kappa shape index (κ2) is 6.46. The first-order valence-electron chi connectivity index (χ1n) is 7.14. The molecule has 0 radical (unpaired) electrons. The highest BCUT2D eigenvalue weighted by Gasteiger charge is 2.15. The molecule has 4 nitrogen and oxygen atoms in total. The molecule has 0 fully saturated rings. The molecule has 1 aliphatic heterocycles. The minimum absolute atomic E-state index is 0.857. The lowest BCUT2D eigenvalue weighted by Gasteiger charge is -2.24. The van der Waals surface area contributed by atoms with Gasteiger partial charge in [-0.1, -0.05) is 19.1 Å². The van der Waals surface area contributed by atoms with Gasteiger partial charge in [0.25, 0.3) is 0 Å². The summed E-state index contributed by atoms with van der Waals surface area (Å²) in [6.07, 6.45) is 9.91. The molecule has 4 heteroatoms. The number of hydrogen-bond acceptors (Lipinski definition) is 4. The maximum absolute atomic E-state index is 4.75. The molecule has 2 rings (SSSR count). The largest absolute Gasteiger partial charge is 0.367 e. The summed E-state index contributed by atoms with van der Waals surface area (Å²) in [5.41, 5.74) is 2.05. The van der Waals surface area contributed by atoms with Gasteiger partial charge in [-0.3, -0.25) is 4.99 Å². The van der Waals surface area contributed by atoms with Gasteiger partial charge in [0.05, 0.1) is 16.7 Å². The normalized spacial score (nSPS) is 15.5. The molecule has 0 aliphatic carbocycles. The van der Waals surface area contributed by atoms with Crippen molar-refractivity contribution in [1.29, 1.82) is 0 Å². The standard InChI is InChI=1S/C16H22N4/c1-5-8-14-18-11-12-9-10-20(4)16(15(12)19-14)13(6-2)17-7-3/h6-7,9,11H,5,8,10H2,1-4H3/b13-6-,17-7?. The lowest BCUT2D eigenvalue weighted by Crippen LogP contribution is -2.42. The number of aryl methyl sites for hydroxylation is 1. The van der Waals surface area contributed by atoms with Gasteiger partial charge in [-0.15, -0.1) is 0 Å². The number of hydrogen-bond donors (Lipinski definition) is 0. The highest BCUT2D eigenvalue weighted by molar-refractivity contribution is 5.68. The van der Waals surface area contributed by atoms with Crippen LogP contribution in [0.5, 0.6) is 0 Å². The number of allylic oxidation sites excluding steroid dienone is 1. The average molecular weight is 270 g/mol. The van der Waals surface area contributed by atoms with Crippen LogP contribution in [-0.4, -0.2) is 34.7 Å². The Labute approximate surface area is 120 Å². The van der Waals surface area contributed by atoms with Crippen LogP contribution in [0.4, 0.5) is 0 Å². The van der Waals surface area contributed by atoms with Crippen molar-refractivity contribution >= 4 is 18.0 Å². The van der Waals surface area contributed by atoms with Crippen LogP contribution >= 0.6 is 0 Å². The van der Waals surface area contributed by atoms with Crippen molar-refractivity contribution in [3.8, 4) is 0 Å². The van der Waals surface area contributed by atoms with Gasteiger partial charge in [-0.25, -0.2) is 9.97 Å². The van der Waals surface area contributed by atoms with Gasteiger partial charge >= 0.3 is 0 Å². The zero-order valence-corrected chi connectivity index (χ0v) is 12.7. The maximum Gasteiger partial charge on any atom is 0.129 e. The topological polar surface area (TPSA) is 41.4 Å². The second-order valence-corrected chi connectivity index (χ2v) is 4.83. The van der Waals surface area contributed by atoms with Crippen LogP contribution in [0.25, 0.3) is 11.8 Å². The summed E-state index contributed by atoms with van der Waals surface area (Å²) in [7, 11) is 2.07. The van der Waals surface area contributed by atoms with E-state index in [4.69, 9.17) is 4.98 Å². The third-order valence-corrected chi connectivity index (χ3v) is 3.32. The molecule has 0 saturated carbocycles. The fourth-order valence-corrected chi connectivity index (χ4v) is 2.35. The van der Waals surface area contributed by atoms with Gasteiger partial charge in [0.15, 0.2) is 0 Å². The van der Waals surface area contributed by atoms with E-state index in [-0.39, 0.29) is 0 Å². The van der Waals surface area contributed by atoms with E-state index in [1.165, 1.54) is 0 Å². The molecule has 1 aromatic rings. The second-order valence-electron chi connectivity index (χ2n) is 4.83. The number of aromatic nitrogens is 2. The molecule has 0 atom stereocenters. The van der Waals surface area contributed by atoms with Crippen molar-refractivity contribution in [2.24, 2.45) is 4.99 Å². The van der Waals surface area contributed by atoms with Crippen molar-refractivity contribution in [3.63, 3.8) is 0 Å². The minimum Gasteiger partial charge on any atom is -0.367 e.